The summed E-state index contributed by atoms with van der Waals surface area (Å²) in [4.78, 5) is 28.8. The lowest BCUT2D eigenvalue weighted by Gasteiger charge is -2.39. The van der Waals surface area contributed by atoms with Gasteiger partial charge in [-0.05, 0) is 36.9 Å². The molecule has 0 aliphatic carbocycles. The van der Waals surface area contributed by atoms with Crippen molar-refractivity contribution in [2.45, 2.75) is 6.04 Å². The minimum absolute atomic E-state index is 0.0491. The molecule has 132 valence electrons. The van der Waals surface area contributed by atoms with Crippen LogP contribution < -0.4 is 5.32 Å². The minimum atomic E-state index is -0.0999. The second-order valence-electron chi connectivity index (χ2n) is 6.46. The van der Waals surface area contributed by atoms with E-state index in [1.54, 1.807) is 13.1 Å². The number of aromatic nitrogens is 1. The molecule has 6 nitrogen and oxygen atoms in total. The van der Waals surface area contributed by atoms with Crippen LogP contribution in [-0.4, -0.2) is 59.9 Å². The standard InChI is InChI=1S/C19H24N4O2/c1-20-18(24)15-7-4-6-14(12-15)17-13-23(11-10-22(17)3)19(25)16-8-5-9-21(16)2/h4-9,12,17H,10-11,13H2,1-3H3,(H,20,24). The Bertz CT molecular complexity index is 783. The quantitative estimate of drug-likeness (QED) is 0.922. The first-order valence-electron chi connectivity index (χ1n) is 8.44. The van der Waals surface area contributed by atoms with Crippen LogP contribution >= 0.6 is 0 Å². The van der Waals surface area contributed by atoms with Gasteiger partial charge >= 0.3 is 0 Å². The average Bonchev–Trinajstić information content (AvgIpc) is 3.07. The van der Waals surface area contributed by atoms with Gasteiger partial charge in [-0.2, -0.15) is 0 Å². The van der Waals surface area contributed by atoms with Gasteiger partial charge in [0.1, 0.15) is 5.69 Å². The molecule has 3 rings (SSSR count). The maximum Gasteiger partial charge on any atom is 0.270 e. The molecule has 1 atom stereocenters. The lowest BCUT2D eigenvalue weighted by molar-refractivity contribution is 0.0537. The van der Waals surface area contributed by atoms with E-state index < -0.39 is 0 Å². The van der Waals surface area contributed by atoms with Crippen molar-refractivity contribution in [3.8, 4) is 0 Å². The van der Waals surface area contributed by atoms with Gasteiger partial charge < -0.3 is 14.8 Å². The molecule has 0 saturated carbocycles. The van der Waals surface area contributed by atoms with E-state index in [-0.39, 0.29) is 17.9 Å². The molecule has 1 N–H and O–H groups in total. The van der Waals surface area contributed by atoms with Crippen molar-refractivity contribution >= 4 is 11.8 Å². The lowest BCUT2D eigenvalue weighted by atomic mass is 10.00. The van der Waals surface area contributed by atoms with Gasteiger partial charge in [0.15, 0.2) is 0 Å². The van der Waals surface area contributed by atoms with Gasteiger partial charge in [-0.1, -0.05) is 12.1 Å². The van der Waals surface area contributed by atoms with Gasteiger partial charge in [0, 0.05) is 45.5 Å². The Morgan fingerprint density at radius 1 is 1.12 bits per heavy atom. The Morgan fingerprint density at radius 3 is 2.60 bits per heavy atom. The molecule has 6 heteroatoms. The number of nitrogens with zero attached hydrogens (tertiary/aromatic N) is 3. The molecule has 1 aliphatic rings. The highest BCUT2D eigenvalue weighted by Gasteiger charge is 2.30. The Labute approximate surface area is 148 Å². The highest BCUT2D eigenvalue weighted by Crippen LogP contribution is 2.25. The summed E-state index contributed by atoms with van der Waals surface area (Å²) in [5.74, 6) is -0.0508. The average molecular weight is 340 g/mol. The van der Waals surface area contributed by atoms with Gasteiger partial charge in [0.25, 0.3) is 11.8 Å². The largest absolute Gasteiger partial charge is 0.355 e. The number of likely N-dealkylation sites (N-methyl/N-ethyl adjacent to an activating group) is 1. The Hall–Kier alpha value is -2.60. The van der Waals surface area contributed by atoms with Gasteiger partial charge in [-0.15, -0.1) is 0 Å². The number of piperazine rings is 1. The summed E-state index contributed by atoms with van der Waals surface area (Å²) in [6.45, 7) is 2.11. The van der Waals surface area contributed by atoms with Crippen LogP contribution in [0.25, 0.3) is 0 Å². The Morgan fingerprint density at radius 2 is 1.92 bits per heavy atom. The molecule has 1 aliphatic heterocycles. The molecule has 25 heavy (non-hydrogen) atoms. The molecule has 2 amide bonds. The molecule has 0 spiro atoms. The molecule has 1 aromatic heterocycles. The topological polar surface area (TPSA) is 57.6 Å². The lowest BCUT2D eigenvalue weighted by Crippen LogP contribution is -2.49. The third kappa shape index (κ3) is 3.44. The first kappa shape index (κ1) is 17.2. The number of nitrogens with one attached hydrogen (secondary N) is 1. The van der Waals surface area contributed by atoms with Crippen LogP contribution in [0.2, 0.25) is 0 Å². The number of aryl methyl sites for hydroxylation is 1. The minimum Gasteiger partial charge on any atom is -0.355 e. The van der Waals surface area contributed by atoms with E-state index in [0.717, 1.165) is 12.1 Å². The zero-order chi connectivity index (χ0) is 18.0. The second kappa shape index (κ2) is 7.11. The Balaban J connectivity index is 1.83. The van der Waals surface area contributed by atoms with Gasteiger partial charge in [0.2, 0.25) is 0 Å². The molecule has 2 heterocycles. The zero-order valence-electron chi connectivity index (χ0n) is 14.9. The van der Waals surface area contributed by atoms with Crippen molar-refractivity contribution in [2.24, 2.45) is 7.05 Å². The zero-order valence-corrected chi connectivity index (χ0v) is 14.9. The monoisotopic (exact) mass is 340 g/mol. The molecule has 1 unspecified atom stereocenters. The summed E-state index contributed by atoms with van der Waals surface area (Å²) in [7, 11) is 5.57. The molecule has 0 bridgehead atoms. The van der Waals surface area contributed by atoms with Crippen molar-refractivity contribution in [3.05, 3.63) is 59.4 Å². The summed E-state index contributed by atoms with van der Waals surface area (Å²) < 4.78 is 1.85. The third-order valence-corrected chi connectivity index (χ3v) is 4.86. The van der Waals surface area contributed by atoms with Crippen LogP contribution in [0.15, 0.2) is 42.6 Å². The summed E-state index contributed by atoms with van der Waals surface area (Å²) >= 11 is 0. The molecule has 1 aromatic carbocycles. The maximum atomic E-state index is 12.8. The van der Waals surface area contributed by atoms with Crippen LogP contribution in [-0.2, 0) is 7.05 Å². The van der Waals surface area contributed by atoms with E-state index in [1.807, 2.05) is 53.0 Å². The van der Waals surface area contributed by atoms with Gasteiger partial charge in [-0.25, -0.2) is 0 Å². The van der Waals surface area contributed by atoms with E-state index >= 15 is 0 Å². The smallest absolute Gasteiger partial charge is 0.270 e. The van der Waals surface area contributed by atoms with Crippen molar-refractivity contribution in [1.82, 2.24) is 19.7 Å². The number of rotatable bonds is 3. The van der Waals surface area contributed by atoms with E-state index in [2.05, 4.69) is 17.3 Å². The van der Waals surface area contributed by atoms with Crippen LogP contribution in [0, 0.1) is 0 Å². The number of carbonyl (C=O) groups excluding carboxylic acids is 2. The predicted molar refractivity (Wildman–Crippen MR) is 96.5 cm³/mol. The van der Waals surface area contributed by atoms with E-state index in [0.29, 0.717) is 24.3 Å². The molecule has 0 radical (unpaired) electrons. The Kier molecular flexibility index (Phi) is 4.90. The van der Waals surface area contributed by atoms with Crippen LogP contribution in [0.1, 0.15) is 32.5 Å². The van der Waals surface area contributed by atoms with Gasteiger partial charge in [-0.3, -0.25) is 14.5 Å². The summed E-state index contributed by atoms with van der Waals surface area (Å²) in [5.41, 5.74) is 2.38. The summed E-state index contributed by atoms with van der Waals surface area (Å²) in [6, 6.07) is 11.4. The number of hydrogen-bond donors (Lipinski definition) is 1. The molecule has 1 fully saturated rings. The van der Waals surface area contributed by atoms with Gasteiger partial charge in [0.05, 0.1) is 6.04 Å². The van der Waals surface area contributed by atoms with Crippen molar-refractivity contribution < 1.29 is 9.59 Å². The second-order valence-corrected chi connectivity index (χ2v) is 6.46. The molecular formula is C19H24N4O2. The van der Waals surface area contributed by atoms with E-state index in [4.69, 9.17) is 0 Å². The molecular weight excluding hydrogens is 316 g/mol. The highest BCUT2D eigenvalue weighted by atomic mass is 16.2. The van der Waals surface area contributed by atoms with E-state index in [9.17, 15) is 9.59 Å². The molecule has 2 aromatic rings. The molecule has 1 saturated heterocycles. The summed E-state index contributed by atoms with van der Waals surface area (Å²) in [5, 5.41) is 2.65. The first-order chi connectivity index (χ1) is 12.0. The van der Waals surface area contributed by atoms with Crippen LogP contribution in [0.5, 0.6) is 0 Å². The van der Waals surface area contributed by atoms with Crippen LogP contribution in [0.3, 0.4) is 0 Å². The van der Waals surface area contributed by atoms with E-state index in [1.165, 1.54) is 0 Å². The van der Waals surface area contributed by atoms with Crippen molar-refractivity contribution in [1.29, 1.82) is 0 Å². The predicted octanol–water partition coefficient (Wildman–Crippen LogP) is 1.51. The fourth-order valence-corrected chi connectivity index (χ4v) is 3.29. The number of amides is 2. The highest BCUT2D eigenvalue weighted by molar-refractivity contribution is 5.94. The fraction of sp³-hybridized carbons (Fsp3) is 0.368. The number of benzene rings is 1. The number of hydrogen-bond acceptors (Lipinski definition) is 3. The first-order valence-corrected chi connectivity index (χ1v) is 8.44. The normalized spacial score (nSPS) is 18.2. The third-order valence-electron chi connectivity index (χ3n) is 4.86. The summed E-state index contributed by atoms with van der Waals surface area (Å²) in [6.07, 6.45) is 1.88. The number of carbonyl (C=O) groups is 2. The van der Waals surface area contributed by atoms with Crippen molar-refractivity contribution in [3.63, 3.8) is 0 Å². The maximum absolute atomic E-state index is 12.8. The van der Waals surface area contributed by atoms with Crippen molar-refractivity contribution in [2.75, 3.05) is 33.7 Å². The fourth-order valence-electron chi connectivity index (χ4n) is 3.29. The SMILES string of the molecule is CNC(=O)c1cccc(C2CN(C(=O)c3cccn3C)CCN2C)c1. The van der Waals surface area contributed by atoms with Crippen LogP contribution in [0.4, 0.5) is 0 Å².